The molecule has 92 valence electrons. The maximum Gasteiger partial charge on any atom is 0.265 e. The molecule has 5 heteroatoms. The second-order valence-electron chi connectivity index (χ2n) is 3.96. The molecule has 0 amide bonds. The minimum atomic E-state index is -1.75. The maximum absolute atomic E-state index is 7.31. The van der Waals surface area contributed by atoms with Gasteiger partial charge in [0.25, 0.3) is 3.79 Å². The molecule has 2 nitrogen and oxygen atoms in total. The van der Waals surface area contributed by atoms with E-state index in [0.717, 1.165) is 0 Å². The van der Waals surface area contributed by atoms with Crippen molar-refractivity contribution in [2.45, 2.75) is 35.9 Å². The summed E-state index contributed by atoms with van der Waals surface area (Å²) in [4.78, 5) is 0. The van der Waals surface area contributed by atoms with E-state index in [0.29, 0.717) is 12.5 Å². The smallest absolute Gasteiger partial charge is 0.265 e. The van der Waals surface area contributed by atoms with E-state index in [9.17, 15) is 0 Å². The van der Waals surface area contributed by atoms with Gasteiger partial charge in [-0.05, 0) is 18.8 Å². The minimum Gasteiger partial charge on any atom is -0.474 e. The van der Waals surface area contributed by atoms with Crippen LogP contribution in [0.3, 0.4) is 0 Å². The van der Waals surface area contributed by atoms with Crippen LogP contribution in [0.2, 0.25) is 0 Å². The summed E-state index contributed by atoms with van der Waals surface area (Å²) in [5, 5.41) is 7.31. The predicted octanol–water partition coefficient (Wildman–Crippen LogP) is 4.49. The topological polar surface area (TPSA) is 33.1 Å². The SMILES string of the molecule is N=C(OCC=CC1CCCCC1)C(Cl)(Cl)Cl. The monoisotopic (exact) mass is 283 g/mol. The van der Waals surface area contributed by atoms with Crippen LogP contribution in [0.1, 0.15) is 32.1 Å². The van der Waals surface area contributed by atoms with E-state index in [2.05, 4.69) is 6.08 Å². The van der Waals surface area contributed by atoms with Crippen LogP contribution in [0.5, 0.6) is 0 Å². The summed E-state index contributed by atoms with van der Waals surface area (Å²) >= 11 is 16.4. The van der Waals surface area contributed by atoms with E-state index in [-0.39, 0.29) is 5.90 Å². The Labute approximate surface area is 111 Å². The van der Waals surface area contributed by atoms with Gasteiger partial charge < -0.3 is 4.74 Å². The molecular formula is C11H16Cl3NO. The molecule has 0 aromatic carbocycles. The highest BCUT2D eigenvalue weighted by atomic mass is 35.6. The molecular weight excluding hydrogens is 268 g/mol. The van der Waals surface area contributed by atoms with Crippen molar-refractivity contribution in [3.63, 3.8) is 0 Å². The average molecular weight is 285 g/mol. The molecule has 0 aliphatic heterocycles. The lowest BCUT2D eigenvalue weighted by Crippen LogP contribution is -2.21. The molecule has 0 bridgehead atoms. The van der Waals surface area contributed by atoms with Crippen molar-refractivity contribution in [3.8, 4) is 0 Å². The Morgan fingerprint density at radius 1 is 1.25 bits per heavy atom. The zero-order valence-corrected chi connectivity index (χ0v) is 11.3. The highest BCUT2D eigenvalue weighted by molar-refractivity contribution is 6.76. The Kier molecular flexibility index (Phi) is 5.95. The summed E-state index contributed by atoms with van der Waals surface area (Å²) in [6, 6.07) is 0. The van der Waals surface area contributed by atoms with Crippen LogP contribution >= 0.6 is 34.8 Å². The van der Waals surface area contributed by atoms with Crippen LogP contribution < -0.4 is 0 Å². The van der Waals surface area contributed by atoms with Crippen molar-refractivity contribution >= 4 is 40.7 Å². The first-order valence-electron chi connectivity index (χ1n) is 5.45. The number of hydrogen-bond acceptors (Lipinski definition) is 2. The number of halogens is 3. The second-order valence-corrected chi connectivity index (χ2v) is 6.25. The first-order valence-corrected chi connectivity index (χ1v) is 6.59. The number of nitrogens with one attached hydrogen (secondary N) is 1. The average Bonchev–Trinajstić information content (AvgIpc) is 2.24. The fraction of sp³-hybridized carbons (Fsp3) is 0.727. The molecule has 0 saturated heterocycles. The molecule has 0 spiro atoms. The van der Waals surface area contributed by atoms with Gasteiger partial charge in [-0.3, -0.25) is 5.41 Å². The second kappa shape index (κ2) is 6.73. The van der Waals surface area contributed by atoms with Gasteiger partial charge in [-0.1, -0.05) is 66.2 Å². The van der Waals surface area contributed by atoms with Gasteiger partial charge in [0, 0.05) is 0 Å². The molecule has 1 fully saturated rings. The third-order valence-electron chi connectivity index (χ3n) is 2.64. The number of rotatable bonds is 3. The Hall–Kier alpha value is 0.0800. The quantitative estimate of drug-likeness (QED) is 0.352. The zero-order valence-electron chi connectivity index (χ0n) is 9.02. The fourth-order valence-corrected chi connectivity index (χ4v) is 1.95. The van der Waals surface area contributed by atoms with Gasteiger partial charge in [0.15, 0.2) is 0 Å². The number of hydrogen-bond donors (Lipinski definition) is 1. The van der Waals surface area contributed by atoms with Crippen molar-refractivity contribution in [2.24, 2.45) is 5.92 Å². The van der Waals surface area contributed by atoms with Gasteiger partial charge in [-0.2, -0.15) is 0 Å². The van der Waals surface area contributed by atoms with Crippen LogP contribution in [-0.4, -0.2) is 16.3 Å². The first kappa shape index (κ1) is 14.1. The Bertz CT molecular complexity index is 254. The van der Waals surface area contributed by atoms with E-state index in [1.165, 1.54) is 32.1 Å². The largest absolute Gasteiger partial charge is 0.474 e. The lowest BCUT2D eigenvalue weighted by Gasteiger charge is -2.18. The van der Waals surface area contributed by atoms with Crippen LogP contribution in [0.4, 0.5) is 0 Å². The van der Waals surface area contributed by atoms with E-state index < -0.39 is 3.79 Å². The molecule has 0 atom stereocenters. The minimum absolute atomic E-state index is 0.295. The summed E-state index contributed by atoms with van der Waals surface area (Å²) in [7, 11) is 0. The van der Waals surface area contributed by atoms with E-state index >= 15 is 0 Å². The molecule has 0 aromatic heterocycles. The number of ether oxygens (including phenoxy) is 1. The van der Waals surface area contributed by atoms with Crippen LogP contribution in [-0.2, 0) is 4.74 Å². The Morgan fingerprint density at radius 2 is 1.88 bits per heavy atom. The van der Waals surface area contributed by atoms with Crippen molar-refractivity contribution in [1.29, 1.82) is 5.41 Å². The highest BCUT2D eigenvalue weighted by Crippen LogP contribution is 2.28. The molecule has 0 unspecified atom stereocenters. The molecule has 0 radical (unpaired) electrons. The summed E-state index contributed by atoms with van der Waals surface area (Å²) in [5.41, 5.74) is 0. The van der Waals surface area contributed by atoms with Gasteiger partial charge in [0.05, 0.1) is 0 Å². The first-order chi connectivity index (χ1) is 7.50. The normalized spacial score (nSPS) is 18.9. The summed E-state index contributed by atoms with van der Waals surface area (Å²) in [6.07, 6.45) is 10.5. The predicted molar refractivity (Wildman–Crippen MR) is 69.7 cm³/mol. The molecule has 1 N–H and O–H groups in total. The molecule has 16 heavy (non-hydrogen) atoms. The van der Waals surface area contributed by atoms with Crippen molar-refractivity contribution in [1.82, 2.24) is 0 Å². The third kappa shape index (κ3) is 5.42. The zero-order chi connectivity index (χ0) is 12.0. The Balaban J connectivity index is 2.19. The van der Waals surface area contributed by atoms with Crippen LogP contribution in [0, 0.1) is 11.3 Å². The fourth-order valence-electron chi connectivity index (χ4n) is 1.79. The Morgan fingerprint density at radius 3 is 2.44 bits per heavy atom. The molecule has 1 aliphatic carbocycles. The van der Waals surface area contributed by atoms with Gasteiger partial charge in [-0.25, -0.2) is 0 Å². The molecule has 1 rings (SSSR count). The highest BCUT2D eigenvalue weighted by Gasteiger charge is 2.28. The van der Waals surface area contributed by atoms with Gasteiger partial charge in [0.1, 0.15) is 6.61 Å². The maximum atomic E-state index is 7.31. The number of allylic oxidation sites excluding steroid dienone is 1. The third-order valence-corrected chi connectivity index (χ3v) is 3.15. The van der Waals surface area contributed by atoms with Gasteiger partial charge in [-0.15, -0.1) is 0 Å². The molecule has 0 heterocycles. The molecule has 1 aliphatic rings. The van der Waals surface area contributed by atoms with Crippen LogP contribution in [0.15, 0.2) is 12.2 Å². The lowest BCUT2D eigenvalue weighted by atomic mass is 9.89. The molecule has 1 saturated carbocycles. The summed E-state index contributed by atoms with van der Waals surface area (Å²) in [5.74, 6) is 0.324. The summed E-state index contributed by atoms with van der Waals surface area (Å²) in [6.45, 7) is 0.295. The van der Waals surface area contributed by atoms with Crippen molar-refractivity contribution < 1.29 is 4.74 Å². The van der Waals surface area contributed by atoms with Crippen LogP contribution in [0.25, 0.3) is 0 Å². The van der Waals surface area contributed by atoms with E-state index in [1.54, 1.807) is 0 Å². The lowest BCUT2D eigenvalue weighted by molar-refractivity contribution is 0.337. The number of alkyl halides is 3. The molecule has 0 aromatic rings. The van der Waals surface area contributed by atoms with E-state index in [4.69, 9.17) is 44.9 Å². The van der Waals surface area contributed by atoms with Crippen molar-refractivity contribution in [3.05, 3.63) is 12.2 Å². The standard InChI is InChI=1S/C11H16Cl3NO/c12-11(13,14)10(15)16-8-4-7-9-5-2-1-3-6-9/h4,7,9,15H,1-3,5-6,8H2. The summed E-state index contributed by atoms with van der Waals surface area (Å²) < 4.78 is 3.25. The van der Waals surface area contributed by atoms with Gasteiger partial charge in [0.2, 0.25) is 5.90 Å². The van der Waals surface area contributed by atoms with Gasteiger partial charge >= 0.3 is 0 Å². The van der Waals surface area contributed by atoms with Crippen molar-refractivity contribution in [2.75, 3.05) is 6.61 Å². The van der Waals surface area contributed by atoms with E-state index in [1.807, 2.05) is 6.08 Å².